The van der Waals surface area contributed by atoms with Crippen LogP contribution >= 0.6 is 11.6 Å². The van der Waals surface area contributed by atoms with Crippen molar-refractivity contribution in [1.82, 2.24) is 4.90 Å². The Labute approximate surface area is 231 Å². The van der Waals surface area contributed by atoms with Crippen LogP contribution in [0.3, 0.4) is 0 Å². The number of likely N-dealkylation sites (tertiary alicyclic amines) is 1. The highest BCUT2D eigenvalue weighted by molar-refractivity contribution is 6.30. The summed E-state index contributed by atoms with van der Waals surface area (Å²) >= 11 is 6.03. The van der Waals surface area contributed by atoms with Crippen LogP contribution in [0.15, 0.2) is 103 Å². The third-order valence-corrected chi connectivity index (χ3v) is 8.73. The zero-order chi connectivity index (χ0) is 26.7. The molecule has 6 heteroatoms. The van der Waals surface area contributed by atoms with Gasteiger partial charge in [-0.3, -0.25) is 19.3 Å². The Kier molecular flexibility index (Phi) is 5.64. The Morgan fingerprint density at radius 3 is 1.64 bits per heavy atom. The number of benzene rings is 4. The van der Waals surface area contributed by atoms with E-state index in [1.54, 1.807) is 24.3 Å². The highest BCUT2D eigenvalue weighted by Gasteiger charge is 2.63. The molecule has 4 aliphatic rings. The first-order valence-electron chi connectivity index (χ1n) is 13.2. The summed E-state index contributed by atoms with van der Waals surface area (Å²) in [5, 5.41) is 3.47. The fourth-order valence-corrected chi connectivity index (χ4v) is 7.03. The van der Waals surface area contributed by atoms with Crippen LogP contribution in [0.25, 0.3) is 0 Å². The first-order chi connectivity index (χ1) is 19.0. The van der Waals surface area contributed by atoms with E-state index in [1.165, 1.54) is 4.90 Å². The molecule has 1 aliphatic heterocycles. The maximum Gasteiger partial charge on any atom is 0.248 e. The van der Waals surface area contributed by atoms with Crippen LogP contribution in [0.5, 0.6) is 0 Å². The zero-order valence-electron chi connectivity index (χ0n) is 21.0. The monoisotopic (exact) mass is 532 g/mol. The summed E-state index contributed by atoms with van der Waals surface area (Å²) in [6, 6.07) is 31.6. The van der Waals surface area contributed by atoms with E-state index in [0.717, 1.165) is 27.8 Å². The van der Waals surface area contributed by atoms with Crippen molar-refractivity contribution in [2.24, 2.45) is 11.8 Å². The number of anilines is 1. The van der Waals surface area contributed by atoms with Crippen molar-refractivity contribution in [1.29, 1.82) is 0 Å². The normalized spacial score (nSPS) is 23.2. The summed E-state index contributed by atoms with van der Waals surface area (Å²) in [5.41, 5.74) is 5.86. The Hall–Kier alpha value is -4.22. The summed E-state index contributed by atoms with van der Waals surface area (Å²) in [6.45, 7) is 0. The van der Waals surface area contributed by atoms with Gasteiger partial charge in [0.2, 0.25) is 17.7 Å². The Morgan fingerprint density at radius 1 is 0.692 bits per heavy atom. The number of nitrogens with zero attached hydrogens (tertiary/aromatic N) is 1. The molecule has 4 aromatic rings. The van der Waals surface area contributed by atoms with E-state index in [-0.39, 0.29) is 30.1 Å². The Balaban J connectivity index is 1.31. The largest absolute Gasteiger partial charge is 0.324 e. The van der Waals surface area contributed by atoms with Gasteiger partial charge in [0.05, 0.1) is 11.8 Å². The van der Waals surface area contributed by atoms with Gasteiger partial charge in [-0.15, -0.1) is 0 Å². The van der Waals surface area contributed by atoms with Crippen LogP contribution < -0.4 is 5.32 Å². The SMILES string of the molecule is O=C(Nc1ccc(Cl)cc1)C(Cc1ccccc1)N1C(=O)C2C3c4ccccc4C(c4ccccc43)C2C1=O. The molecular weight excluding hydrogens is 508 g/mol. The molecule has 5 nitrogen and oxygen atoms in total. The molecule has 39 heavy (non-hydrogen) atoms. The van der Waals surface area contributed by atoms with Gasteiger partial charge in [-0.1, -0.05) is 90.5 Å². The van der Waals surface area contributed by atoms with Gasteiger partial charge in [-0.25, -0.2) is 0 Å². The number of rotatable bonds is 5. The van der Waals surface area contributed by atoms with Gasteiger partial charge in [-0.2, -0.15) is 0 Å². The average Bonchev–Trinajstić information content (AvgIpc) is 3.23. The van der Waals surface area contributed by atoms with Crippen LogP contribution in [0.2, 0.25) is 5.02 Å². The smallest absolute Gasteiger partial charge is 0.248 e. The maximum atomic E-state index is 14.3. The van der Waals surface area contributed by atoms with Crippen LogP contribution in [0.1, 0.15) is 39.7 Å². The molecule has 0 spiro atoms. The van der Waals surface area contributed by atoms with Gasteiger partial charge < -0.3 is 5.32 Å². The molecule has 0 saturated carbocycles. The number of halogens is 1. The molecule has 3 atom stereocenters. The molecule has 4 aromatic carbocycles. The lowest BCUT2D eigenvalue weighted by molar-refractivity contribution is -0.146. The predicted molar refractivity (Wildman–Crippen MR) is 149 cm³/mol. The number of hydrogen-bond acceptors (Lipinski definition) is 3. The molecule has 192 valence electrons. The maximum absolute atomic E-state index is 14.3. The summed E-state index contributed by atoms with van der Waals surface area (Å²) in [4.78, 5) is 43.7. The second-order valence-electron chi connectivity index (χ2n) is 10.5. The third kappa shape index (κ3) is 3.72. The molecule has 3 unspecified atom stereocenters. The van der Waals surface area contributed by atoms with E-state index < -0.39 is 23.8 Å². The Morgan fingerprint density at radius 2 is 1.15 bits per heavy atom. The molecule has 0 radical (unpaired) electrons. The van der Waals surface area contributed by atoms with Gasteiger partial charge >= 0.3 is 0 Å². The summed E-state index contributed by atoms with van der Waals surface area (Å²) in [6.07, 6.45) is 0.229. The minimum atomic E-state index is -0.987. The molecule has 3 amide bonds. The fraction of sp³-hybridized carbons (Fsp3) is 0.182. The van der Waals surface area contributed by atoms with Crippen molar-refractivity contribution in [3.05, 3.63) is 136 Å². The highest BCUT2D eigenvalue weighted by Crippen LogP contribution is 2.61. The van der Waals surface area contributed by atoms with Crippen molar-refractivity contribution in [2.75, 3.05) is 5.32 Å². The van der Waals surface area contributed by atoms with Crippen LogP contribution in [0, 0.1) is 11.8 Å². The minimum Gasteiger partial charge on any atom is -0.324 e. The molecule has 1 saturated heterocycles. The lowest BCUT2D eigenvalue weighted by Gasteiger charge is -2.45. The average molecular weight is 533 g/mol. The number of amides is 3. The van der Waals surface area contributed by atoms with Crippen molar-refractivity contribution in [2.45, 2.75) is 24.3 Å². The second kappa shape index (κ2) is 9.21. The first kappa shape index (κ1) is 23.9. The topological polar surface area (TPSA) is 66.5 Å². The highest BCUT2D eigenvalue weighted by atomic mass is 35.5. The summed E-state index contributed by atoms with van der Waals surface area (Å²) in [7, 11) is 0. The third-order valence-electron chi connectivity index (χ3n) is 8.48. The predicted octanol–water partition coefficient (Wildman–Crippen LogP) is 5.78. The van der Waals surface area contributed by atoms with E-state index in [1.807, 2.05) is 54.6 Å². The van der Waals surface area contributed by atoms with E-state index in [9.17, 15) is 14.4 Å². The lowest BCUT2D eigenvalue weighted by atomic mass is 9.55. The number of hydrogen-bond donors (Lipinski definition) is 1. The van der Waals surface area contributed by atoms with Crippen molar-refractivity contribution in [3.63, 3.8) is 0 Å². The molecule has 3 aliphatic carbocycles. The van der Waals surface area contributed by atoms with Gasteiger partial charge in [0.1, 0.15) is 6.04 Å². The van der Waals surface area contributed by atoms with E-state index >= 15 is 0 Å². The van der Waals surface area contributed by atoms with Gasteiger partial charge in [0.15, 0.2) is 0 Å². The van der Waals surface area contributed by atoms with Crippen LogP contribution in [-0.2, 0) is 20.8 Å². The van der Waals surface area contributed by atoms with Crippen LogP contribution in [-0.4, -0.2) is 28.7 Å². The van der Waals surface area contributed by atoms with Gasteiger partial charge in [-0.05, 0) is 52.1 Å². The molecule has 1 fully saturated rings. The van der Waals surface area contributed by atoms with Crippen molar-refractivity contribution >= 4 is 35.0 Å². The Bertz CT molecular complexity index is 1500. The summed E-state index contributed by atoms with van der Waals surface area (Å²) in [5.74, 6) is -2.44. The van der Waals surface area contributed by atoms with Crippen molar-refractivity contribution < 1.29 is 14.4 Å². The minimum absolute atomic E-state index is 0.217. The molecule has 2 bridgehead atoms. The fourth-order valence-electron chi connectivity index (χ4n) is 6.90. The van der Waals surface area contributed by atoms with Gasteiger partial charge in [0, 0.05) is 29.0 Å². The van der Waals surface area contributed by atoms with Crippen molar-refractivity contribution in [3.8, 4) is 0 Å². The molecule has 1 heterocycles. The number of carbonyl (C=O) groups excluding carboxylic acids is 3. The van der Waals surface area contributed by atoms with Gasteiger partial charge in [0.25, 0.3) is 0 Å². The van der Waals surface area contributed by atoms with Crippen LogP contribution in [0.4, 0.5) is 5.69 Å². The van der Waals surface area contributed by atoms with E-state index in [2.05, 4.69) is 29.6 Å². The lowest BCUT2D eigenvalue weighted by Crippen LogP contribution is -2.49. The molecule has 0 aromatic heterocycles. The second-order valence-corrected chi connectivity index (χ2v) is 10.9. The molecular formula is C33H25ClN2O3. The van der Waals surface area contributed by atoms with E-state index in [0.29, 0.717) is 10.7 Å². The number of carbonyl (C=O) groups is 3. The number of imide groups is 1. The number of nitrogens with one attached hydrogen (secondary N) is 1. The molecule has 1 N–H and O–H groups in total. The quantitative estimate of drug-likeness (QED) is 0.331. The van der Waals surface area contributed by atoms with E-state index in [4.69, 9.17) is 11.6 Å². The first-order valence-corrected chi connectivity index (χ1v) is 13.6. The summed E-state index contributed by atoms with van der Waals surface area (Å²) < 4.78 is 0. The molecule has 8 rings (SSSR count). The standard InChI is InChI=1S/C33H25ClN2O3/c34-20-14-16-21(17-15-20)35-31(37)26(18-19-8-2-1-3-9-19)36-32(38)29-27-22-10-4-5-11-23(22)28(30(29)33(36)39)25-13-7-6-12-24(25)27/h1-17,26-30H,18H2,(H,35,37). The zero-order valence-corrected chi connectivity index (χ0v) is 21.7.